The minimum atomic E-state index is -4.73. The van der Waals surface area contributed by atoms with E-state index in [1.165, 1.54) is 38.4 Å². The summed E-state index contributed by atoms with van der Waals surface area (Å²) in [6.07, 6.45) is -4.73. The molecule has 3 aromatic rings. The molecule has 2 N–H and O–H groups in total. The lowest BCUT2D eigenvalue weighted by molar-refractivity contribution is -0.188. The lowest BCUT2D eigenvalue weighted by atomic mass is 9.86. The first kappa shape index (κ1) is 18.7. The zero-order valence-corrected chi connectivity index (χ0v) is 14.9. The number of imidazole rings is 1. The summed E-state index contributed by atoms with van der Waals surface area (Å²) >= 11 is 0. The second-order valence-corrected chi connectivity index (χ2v) is 6.13. The van der Waals surface area contributed by atoms with E-state index in [-0.39, 0.29) is 17.1 Å². The highest BCUT2D eigenvalue weighted by Crippen LogP contribution is 2.46. The first-order valence-corrected chi connectivity index (χ1v) is 8.08. The Balaban J connectivity index is 2.34. The SMILES string of the molecule is CNC(c1nc2ccc(C#N)cc2[nH]1)(c1ccc(C)cc1OC)C(F)(F)F. The molecule has 1 aromatic heterocycles. The number of methoxy groups -OCH3 is 1. The number of H-pyrrole nitrogens is 1. The van der Waals surface area contributed by atoms with Crippen LogP contribution < -0.4 is 10.1 Å². The molecular formula is C19H17F3N4O. The summed E-state index contributed by atoms with van der Waals surface area (Å²) < 4.78 is 48.5. The number of fused-ring (bicyclic) bond motifs is 1. The van der Waals surface area contributed by atoms with E-state index in [9.17, 15) is 13.2 Å². The quantitative estimate of drug-likeness (QED) is 0.729. The second-order valence-electron chi connectivity index (χ2n) is 6.13. The van der Waals surface area contributed by atoms with E-state index in [1.54, 1.807) is 19.1 Å². The van der Waals surface area contributed by atoms with Gasteiger partial charge in [0.1, 0.15) is 11.6 Å². The molecule has 1 atom stereocenters. The van der Waals surface area contributed by atoms with Gasteiger partial charge < -0.3 is 9.72 Å². The molecule has 0 fully saturated rings. The maximum atomic E-state index is 14.4. The fourth-order valence-corrected chi connectivity index (χ4v) is 3.17. The fraction of sp³-hybridized carbons (Fsp3) is 0.263. The molecule has 1 heterocycles. The van der Waals surface area contributed by atoms with E-state index in [2.05, 4.69) is 15.3 Å². The maximum Gasteiger partial charge on any atom is 0.418 e. The molecule has 0 spiro atoms. The largest absolute Gasteiger partial charge is 0.496 e. The third kappa shape index (κ3) is 2.90. The number of alkyl halides is 3. The van der Waals surface area contributed by atoms with Gasteiger partial charge in [-0.15, -0.1) is 0 Å². The number of aromatic amines is 1. The number of benzene rings is 2. The summed E-state index contributed by atoms with van der Waals surface area (Å²) in [6.45, 7) is 1.77. The van der Waals surface area contributed by atoms with Crippen LogP contribution in [0.25, 0.3) is 11.0 Å². The van der Waals surface area contributed by atoms with Crippen molar-refractivity contribution in [1.29, 1.82) is 5.26 Å². The number of nitrogens with one attached hydrogen (secondary N) is 2. The number of ether oxygens (including phenoxy) is 1. The van der Waals surface area contributed by atoms with Gasteiger partial charge in [0.2, 0.25) is 5.54 Å². The Morgan fingerprint density at radius 2 is 1.93 bits per heavy atom. The average molecular weight is 374 g/mol. The maximum absolute atomic E-state index is 14.4. The molecule has 0 saturated carbocycles. The number of nitrogens with zero attached hydrogens (tertiary/aromatic N) is 2. The molecule has 5 nitrogen and oxygen atoms in total. The normalized spacial score (nSPS) is 14.0. The average Bonchev–Trinajstić information content (AvgIpc) is 3.05. The molecule has 0 aliphatic rings. The molecule has 2 aromatic carbocycles. The van der Waals surface area contributed by atoms with Gasteiger partial charge in [0.15, 0.2) is 0 Å². The molecule has 0 saturated heterocycles. The van der Waals surface area contributed by atoms with E-state index in [4.69, 9.17) is 10.00 Å². The van der Waals surface area contributed by atoms with Gasteiger partial charge in [-0.05, 0) is 43.8 Å². The molecule has 27 heavy (non-hydrogen) atoms. The number of halogens is 3. The van der Waals surface area contributed by atoms with E-state index in [1.807, 2.05) is 6.07 Å². The van der Waals surface area contributed by atoms with Crippen LogP contribution >= 0.6 is 0 Å². The molecule has 1 unspecified atom stereocenters. The summed E-state index contributed by atoms with van der Waals surface area (Å²) in [6, 6.07) is 11.0. The van der Waals surface area contributed by atoms with Crippen molar-refractivity contribution in [2.45, 2.75) is 18.6 Å². The molecule has 8 heteroatoms. The van der Waals surface area contributed by atoms with E-state index < -0.39 is 11.7 Å². The lowest BCUT2D eigenvalue weighted by Crippen LogP contribution is -2.54. The van der Waals surface area contributed by atoms with Crippen molar-refractivity contribution in [1.82, 2.24) is 15.3 Å². The molecule has 0 amide bonds. The first-order chi connectivity index (χ1) is 12.8. The van der Waals surface area contributed by atoms with Crippen molar-refractivity contribution in [2.24, 2.45) is 0 Å². The number of hydrogen-bond acceptors (Lipinski definition) is 4. The fourth-order valence-electron chi connectivity index (χ4n) is 3.17. The topological polar surface area (TPSA) is 73.7 Å². The van der Waals surface area contributed by atoms with E-state index in [0.29, 0.717) is 16.6 Å². The van der Waals surface area contributed by atoms with Crippen molar-refractivity contribution in [3.63, 3.8) is 0 Å². The molecule has 0 bridgehead atoms. The van der Waals surface area contributed by atoms with Crippen LogP contribution in [0, 0.1) is 18.3 Å². The Labute approximate surface area is 153 Å². The smallest absolute Gasteiger partial charge is 0.418 e. The van der Waals surface area contributed by atoms with Crippen LogP contribution in [0.1, 0.15) is 22.5 Å². The van der Waals surface area contributed by atoms with Gasteiger partial charge in [-0.3, -0.25) is 5.32 Å². The van der Waals surface area contributed by atoms with Crippen molar-refractivity contribution in [3.8, 4) is 11.8 Å². The van der Waals surface area contributed by atoms with E-state index >= 15 is 0 Å². The van der Waals surface area contributed by atoms with Gasteiger partial charge in [0.05, 0.1) is 29.8 Å². The molecule has 0 radical (unpaired) electrons. The number of hydrogen-bond donors (Lipinski definition) is 2. The minimum absolute atomic E-state index is 0.0971. The number of rotatable bonds is 4. The van der Waals surface area contributed by atoms with E-state index in [0.717, 1.165) is 5.56 Å². The summed E-state index contributed by atoms with van der Waals surface area (Å²) in [4.78, 5) is 6.90. The van der Waals surface area contributed by atoms with Crippen molar-refractivity contribution >= 4 is 11.0 Å². The minimum Gasteiger partial charge on any atom is -0.496 e. The molecular weight excluding hydrogens is 357 g/mol. The first-order valence-electron chi connectivity index (χ1n) is 8.08. The monoisotopic (exact) mass is 374 g/mol. The third-order valence-corrected chi connectivity index (χ3v) is 4.53. The third-order valence-electron chi connectivity index (χ3n) is 4.53. The summed E-state index contributed by atoms with van der Waals surface area (Å²) in [5, 5.41) is 11.4. The van der Waals surface area contributed by atoms with Gasteiger partial charge in [0, 0.05) is 5.56 Å². The van der Waals surface area contributed by atoms with Crippen LogP contribution in [-0.4, -0.2) is 30.3 Å². The highest BCUT2D eigenvalue weighted by atomic mass is 19.4. The highest BCUT2D eigenvalue weighted by Gasteiger charge is 2.60. The standard InChI is InChI=1S/C19H17F3N4O/c1-11-4-6-13(16(8-11)27-3)18(24-2,19(20,21)22)17-25-14-7-5-12(10-23)9-15(14)26-17/h4-9,24H,1-3H3,(H,25,26). The van der Waals surface area contributed by atoms with Gasteiger partial charge in [0.25, 0.3) is 0 Å². The van der Waals surface area contributed by atoms with Gasteiger partial charge in [-0.2, -0.15) is 18.4 Å². The Morgan fingerprint density at radius 1 is 1.19 bits per heavy atom. The summed E-state index contributed by atoms with van der Waals surface area (Å²) in [5.41, 5.74) is -0.945. The van der Waals surface area contributed by atoms with Crippen LogP contribution in [0.4, 0.5) is 13.2 Å². The van der Waals surface area contributed by atoms with Gasteiger partial charge in [-0.25, -0.2) is 4.98 Å². The predicted octanol–water partition coefficient (Wildman–Crippen LogP) is 3.78. The number of aryl methyl sites for hydroxylation is 1. The zero-order chi connectivity index (χ0) is 19.8. The lowest BCUT2D eigenvalue weighted by Gasteiger charge is -2.35. The zero-order valence-electron chi connectivity index (χ0n) is 14.9. The van der Waals surface area contributed by atoms with Crippen LogP contribution in [0.5, 0.6) is 5.75 Å². The Morgan fingerprint density at radius 3 is 2.52 bits per heavy atom. The van der Waals surface area contributed by atoms with Crippen molar-refractivity contribution in [3.05, 3.63) is 58.9 Å². The predicted molar refractivity (Wildman–Crippen MR) is 94.4 cm³/mol. The van der Waals surface area contributed by atoms with Crippen LogP contribution in [0.3, 0.4) is 0 Å². The molecule has 140 valence electrons. The number of nitriles is 1. The van der Waals surface area contributed by atoms with Gasteiger partial charge >= 0.3 is 6.18 Å². The van der Waals surface area contributed by atoms with Crippen LogP contribution in [-0.2, 0) is 5.54 Å². The summed E-state index contributed by atoms with van der Waals surface area (Å²) in [5.74, 6) is -0.232. The summed E-state index contributed by atoms with van der Waals surface area (Å²) in [7, 11) is 2.55. The molecule has 3 rings (SSSR count). The highest BCUT2D eigenvalue weighted by molar-refractivity contribution is 5.77. The Bertz CT molecular complexity index is 1040. The number of aromatic nitrogens is 2. The molecule has 0 aliphatic heterocycles. The molecule has 0 aliphatic carbocycles. The van der Waals surface area contributed by atoms with Gasteiger partial charge in [-0.1, -0.05) is 12.1 Å². The second kappa shape index (κ2) is 6.59. The van der Waals surface area contributed by atoms with Crippen LogP contribution in [0.2, 0.25) is 0 Å². The Hall–Kier alpha value is -3.05. The Kier molecular flexibility index (Phi) is 4.57. The van der Waals surface area contributed by atoms with Crippen LogP contribution in [0.15, 0.2) is 36.4 Å². The van der Waals surface area contributed by atoms with Crippen molar-refractivity contribution < 1.29 is 17.9 Å². The van der Waals surface area contributed by atoms with Crippen molar-refractivity contribution in [2.75, 3.05) is 14.2 Å².